The number of benzene rings is 2. The molecule has 1 saturated heterocycles. The van der Waals surface area contributed by atoms with Crippen LogP contribution in [0.15, 0.2) is 42.5 Å². The molecular weight excluding hydrogens is 426 g/mol. The standard InChI is InChI=1S/C24H27N3O6/c28-22(25-17-5-7-18(8-6-17)27(30)31)14-26-12-11-24(29)10-2-1-3-19(24)23(26)16-4-9-20-21(13-16)33-15-32-20/h4-9,13,19,23,29H,1-3,10-12,14-15H2,(H,25,28)/t19-,23+,24+/m1/s1. The molecular formula is C24H27N3O6. The van der Waals surface area contributed by atoms with Crippen molar-refractivity contribution in [3.8, 4) is 11.5 Å². The fourth-order valence-corrected chi connectivity index (χ4v) is 5.51. The minimum Gasteiger partial charge on any atom is -0.454 e. The molecule has 3 aliphatic rings. The second-order valence-corrected chi connectivity index (χ2v) is 9.09. The number of hydrogen-bond acceptors (Lipinski definition) is 7. The first-order valence-electron chi connectivity index (χ1n) is 11.3. The zero-order chi connectivity index (χ0) is 23.0. The minimum atomic E-state index is -0.732. The number of nitrogens with zero attached hydrogens (tertiary/aromatic N) is 2. The Morgan fingerprint density at radius 2 is 1.94 bits per heavy atom. The highest BCUT2D eigenvalue weighted by Crippen LogP contribution is 2.50. The minimum absolute atomic E-state index is 0.0209. The lowest BCUT2D eigenvalue weighted by atomic mass is 9.66. The van der Waals surface area contributed by atoms with Crippen molar-refractivity contribution in [2.45, 2.75) is 43.7 Å². The van der Waals surface area contributed by atoms with Gasteiger partial charge in [-0.05, 0) is 49.1 Å². The first-order chi connectivity index (χ1) is 15.9. The Morgan fingerprint density at radius 3 is 2.73 bits per heavy atom. The smallest absolute Gasteiger partial charge is 0.269 e. The Hall–Kier alpha value is -3.17. The molecule has 0 spiro atoms. The number of likely N-dealkylation sites (tertiary alicyclic amines) is 1. The molecule has 2 aromatic rings. The summed E-state index contributed by atoms with van der Waals surface area (Å²) in [4.78, 5) is 25.4. The summed E-state index contributed by atoms with van der Waals surface area (Å²) in [6, 6.07) is 11.5. The molecule has 1 saturated carbocycles. The molecule has 2 aliphatic heterocycles. The van der Waals surface area contributed by atoms with Crippen LogP contribution in [0.3, 0.4) is 0 Å². The van der Waals surface area contributed by atoms with Gasteiger partial charge in [0.25, 0.3) is 5.69 Å². The van der Waals surface area contributed by atoms with E-state index in [1.165, 1.54) is 24.3 Å². The summed E-state index contributed by atoms with van der Waals surface area (Å²) >= 11 is 0. The number of nitro benzene ring substituents is 1. The predicted octanol–water partition coefficient (Wildman–Crippen LogP) is 3.63. The number of nitro groups is 1. The van der Waals surface area contributed by atoms with Gasteiger partial charge in [-0.15, -0.1) is 0 Å². The van der Waals surface area contributed by atoms with E-state index in [0.29, 0.717) is 30.2 Å². The zero-order valence-corrected chi connectivity index (χ0v) is 18.2. The second kappa shape index (κ2) is 8.64. The average molecular weight is 453 g/mol. The maximum atomic E-state index is 12.9. The molecule has 1 amide bonds. The maximum absolute atomic E-state index is 12.9. The molecule has 174 valence electrons. The molecule has 0 bridgehead atoms. The number of non-ortho nitro benzene ring substituents is 1. The molecule has 2 fully saturated rings. The third-order valence-electron chi connectivity index (χ3n) is 7.12. The van der Waals surface area contributed by atoms with Gasteiger partial charge in [0, 0.05) is 36.3 Å². The van der Waals surface area contributed by atoms with E-state index >= 15 is 0 Å². The number of piperidine rings is 1. The van der Waals surface area contributed by atoms with Crippen molar-refractivity contribution in [2.24, 2.45) is 5.92 Å². The average Bonchev–Trinajstić information content (AvgIpc) is 3.27. The van der Waals surface area contributed by atoms with Crippen molar-refractivity contribution in [3.05, 3.63) is 58.1 Å². The van der Waals surface area contributed by atoms with E-state index in [4.69, 9.17) is 9.47 Å². The Balaban J connectivity index is 1.37. The first-order valence-corrected chi connectivity index (χ1v) is 11.3. The van der Waals surface area contributed by atoms with Crippen molar-refractivity contribution in [1.29, 1.82) is 0 Å². The number of rotatable bonds is 5. The first kappa shape index (κ1) is 21.7. The molecule has 1 aliphatic carbocycles. The Morgan fingerprint density at radius 1 is 1.15 bits per heavy atom. The summed E-state index contributed by atoms with van der Waals surface area (Å²) < 4.78 is 11.0. The Bertz CT molecular complexity index is 1060. The van der Waals surface area contributed by atoms with Gasteiger partial charge in [-0.2, -0.15) is 0 Å². The van der Waals surface area contributed by atoms with Gasteiger partial charge in [-0.25, -0.2) is 0 Å². The van der Waals surface area contributed by atoms with E-state index < -0.39 is 10.5 Å². The highest BCUT2D eigenvalue weighted by Gasteiger charge is 2.49. The number of hydrogen-bond donors (Lipinski definition) is 2. The van der Waals surface area contributed by atoms with E-state index in [0.717, 1.165) is 31.2 Å². The molecule has 9 nitrogen and oxygen atoms in total. The number of fused-ring (bicyclic) bond motifs is 2. The van der Waals surface area contributed by atoms with Gasteiger partial charge in [-0.3, -0.25) is 19.8 Å². The van der Waals surface area contributed by atoms with E-state index in [1.807, 2.05) is 18.2 Å². The number of aliphatic hydroxyl groups is 1. The van der Waals surface area contributed by atoms with E-state index in [-0.39, 0.29) is 36.9 Å². The molecule has 3 atom stereocenters. The topological polar surface area (TPSA) is 114 Å². The number of amides is 1. The van der Waals surface area contributed by atoms with E-state index in [2.05, 4.69) is 10.2 Å². The molecule has 5 rings (SSSR count). The van der Waals surface area contributed by atoms with Crippen LogP contribution >= 0.6 is 0 Å². The number of nitrogens with one attached hydrogen (secondary N) is 1. The van der Waals surface area contributed by atoms with Gasteiger partial charge in [0.15, 0.2) is 11.5 Å². The Kier molecular flexibility index (Phi) is 5.67. The lowest BCUT2D eigenvalue weighted by molar-refractivity contribution is -0.384. The largest absolute Gasteiger partial charge is 0.454 e. The van der Waals surface area contributed by atoms with Crippen molar-refractivity contribution in [3.63, 3.8) is 0 Å². The van der Waals surface area contributed by atoms with Crippen LogP contribution in [0.2, 0.25) is 0 Å². The summed E-state index contributed by atoms with van der Waals surface area (Å²) in [5, 5.41) is 25.1. The number of ether oxygens (including phenoxy) is 2. The van der Waals surface area contributed by atoms with Gasteiger partial charge in [0.05, 0.1) is 17.1 Å². The summed E-state index contributed by atoms with van der Waals surface area (Å²) in [7, 11) is 0. The highest BCUT2D eigenvalue weighted by atomic mass is 16.7. The molecule has 0 radical (unpaired) electrons. The normalized spacial score (nSPS) is 26.5. The van der Waals surface area contributed by atoms with Crippen LogP contribution in [0.1, 0.15) is 43.7 Å². The molecule has 33 heavy (non-hydrogen) atoms. The van der Waals surface area contributed by atoms with Crippen LogP contribution in [0, 0.1) is 16.0 Å². The molecule has 2 aromatic carbocycles. The van der Waals surface area contributed by atoms with Gasteiger partial charge >= 0.3 is 0 Å². The molecule has 0 unspecified atom stereocenters. The van der Waals surface area contributed by atoms with E-state index in [9.17, 15) is 20.0 Å². The van der Waals surface area contributed by atoms with Crippen LogP contribution in [0.4, 0.5) is 11.4 Å². The zero-order valence-electron chi connectivity index (χ0n) is 18.2. The number of carbonyl (C=O) groups excluding carboxylic acids is 1. The van der Waals surface area contributed by atoms with Crippen LogP contribution in [0.5, 0.6) is 11.5 Å². The molecule has 9 heteroatoms. The SMILES string of the molecule is O=C(CN1CC[C@@]2(O)CCCC[C@@H]2[C@@H]1c1ccc2c(c1)OCO2)Nc1ccc([N+](=O)[O-])cc1. The fourth-order valence-electron chi connectivity index (χ4n) is 5.51. The fraction of sp³-hybridized carbons (Fsp3) is 0.458. The van der Waals surface area contributed by atoms with Crippen LogP contribution < -0.4 is 14.8 Å². The molecule has 0 aromatic heterocycles. The quantitative estimate of drug-likeness (QED) is 0.525. The maximum Gasteiger partial charge on any atom is 0.269 e. The van der Waals surface area contributed by atoms with Gasteiger partial charge in [-0.1, -0.05) is 18.9 Å². The molecule has 2 heterocycles. The monoisotopic (exact) mass is 453 g/mol. The lowest BCUT2D eigenvalue weighted by Gasteiger charge is -2.52. The number of carbonyl (C=O) groups is 1. The van der Waals surface area contributed by atoms with Gasteiger partial charge in [0.2, 0.25) is 12.7 Å². The Labute approximate surface area is 191 Å². The van der Waals surface area contributed by atoms with Crippen LogP contribution in [-0.4, -0.2) is 46.3 Å². The molecule has 2 N–H and O–H groups in total. The van der Waals surface area contributed by atoms with Crippen molar-refractivity contribution in [2.75, 3.05) is 25.2 Å². The summed E-state index contributed by atoms with van der Waals surface area (Å²) in [6.07, 6.45) is 4.37. The summed E-state index contributed by atoms with van der Waals surface area (Å²) in [5.74, 6) is 1.21. The van der Waals surface area contributed by atoms with E-state index in [1.54, 1.807) is 0 Å². The van der Waals surface area contributed by atoms with Gasteiger partial charge in [0.1, 0.15) is 0 Å². The van der Waals surface area contributed by atoms with Crippen molar-refractivity contribution < 1.29 is 24.3 Å². The van der Waals surface area contributed by atoms with Crippen LogP contribution in [-0.2, 0) is 4.79 Å². The van der Waals surface area contributed by atoms with Crippen molar-refractivity contribution in [1.82, 2.24) is 4.90 Å². The third kappa shape index (κ3) is 4.26. The third-order valence-corrected chi connectivity index (χ3v) is 7.12. The second-order valence-electron chi connectivity index (χ2n) is 9.09. The van der Waals surface area contributed by atoms with Crippen molar-refractivity contribution >= 4 is 17.3 Å². The highest BCUT2D eigenvalue weighted by molar-refractivity contribution is 5.92. The number of anilines is 1. The summed E-state index contributed by atoms with van der Waals surface area (Å²) in [5.41, 5.74) is 0.761. The van der Waals surface area contributed by atoms with Crippen LogP contribution in [0.25, 0.3) is 0 Å². The summed E-state index contributed by atoms with van der Waals surface area (Å²) in [6.45, 7) is 0.945. The lowest BCUT2D eigenvalue weighted by Crippen LogP contribution is -2.56. The van der Waals surface area contributed by atoms with Gasteiger partial charge < -0.3 is 19.9 Å². The predicted molar refractivity (Wildman–Crippen MR) is 120 cm³/mol.